The summed E-state index contributed by atoms with van der Waals surface area (Å²) in [6.07, 6.45) is 6.05. The van der Waals surface area contributed by atoms with E-state index in [1.807, 2.05) is 22.7 Å². The van der Waals surface area contributed by atoms with Gasteiger partial charge in [-0.3, -0.25) is 4.79 Å². The molecule has 2 aliphatic rings. The number of carbonyl (C=O) groups excluding carboxylic acids is 1. The predicted molar refractivity (Wildman–Crippen MR) is 71.0 cm³/mol. The molecule has 0 aliphatic carbocycles. The van der Waals surface area contributed by atoms with Gasteiger partial charge in [0, 0.05) is 25.8 Å². The Hall–Kier alpha value is -0.480. The van der Waals surface area contributed by atoms with Crippen LogP contribution in [0.2, 0.25) is 0 Å². The van der Waals surface area contributed by atoms with Crippen LogP contribution < -0.4 is 0 Å². The Bertz CT molecular complexity index is 296. The van der Waals surface area contributed by atoms with E-state index in [1.165, 1.54) is 5.57 Å². The van der Waals surface area contributed by atoms with Gasteiger partial charge in [0.25, 0.3) is 0 Å². The van der Waals surface area contributed by atoms with Gasteiger partial charge in [0.15, 0.2) is 0 Å². The van der Waals surface area contributed by atoms with E-state index in [0.717, 1.165) is 50.3 Å². The lowest BCUT2D eigenvalue weighted by atomic mass is 9.98. The van der Waals surface area contributed by atoms with E-state index in [2.05, 4.69) is 0 Å². The fraction of sp³-hybridized carbons (Fsp3) is 0.769. The van der Waals surface area contributed by atoms with Crippen LogP contribution in [0.3, 0.4) is 0 Å². The molecule has 1 unspecified atom stereocenters. The summed E-state index contributed by atoms with van der Waals surface area (Å²) in [5, 5.41) is 9.16. The van der Waals surface area contributed by atoms with Crippen molar-refractivity contribution in [1.29, 1.82) is 0 Å². The zero-order chi connectivity index (χ0) is 12.1. The molecule has 3 nitrogen and oxygen atoms in total. The van der Waals surface area contributed by atoms with Gasteiger partial charge in [-0.2, -0.15) is 11.8 Å². The maximum Gasteiger partial charge on any atom is 0.246 e. The average molecular weight is 255 g/mol. The van der Waals surface area contributed by atoms with E-state index in [1.54, 1.807) is 0 Å². The Morgan fingerprint density at radius 1 is 1.47 bits per heavy atom. The Balaban J connectivity index is 1.90. The molecule has 96 valence electrons. The smallest absolute Gasteiger partial charge is 0.246 e. The molecule has 4 heteroatoms. The molecule has 2 aliphatic heterocycles. The van der Waals surface area contributed by atoms with Crippen molar-refractivity contribution in [3.8, 4) is 0 Å². The number of rotatable bonds is 2. The second kappa shape index (κ2) is 6.45. The number of amides is 1. The maximum atomic E-state index is 12.1. The first-order valence-electron chi connectivity index (χ1n) is 6.46. The van der Waals surface area contributed by atoms with Gasteiger partial charge in [0.05, 0.1) is 0 Å². The number of carbonyl (C=O) groups is 1. The highest BCUT2D eigenvalue weighted by atomic mass is 32.2. The van der Waals surface area contributed by atoms with Crippen molar-refractivity contribution in [2.24, 2.45) is 5.92 Å². The number of allylic oxidation sites excluding steroid dienone is 1. The highest BCUT2D eigenvalue weighted by molar-refractivity contribution is 7.99. The lowest BCUT2D eigenvalue weighted by molar-refractivity contribution is -0.128. The van der Waals surface area contributed by atoms with Gasteiger partial charge in [0.1, 0.15) is 0 Å². The van der Waals surface area contributed by atoms with Gasteiger partial charge in [-0.25, -0.2) is 0 Å². The number of aliphatic hydroxyl groups is 1. The third-order valence-electron chi connectivity index (χ3n) is 3.55. The summed E-state index contributed by atoms with van der Waals surface area (Å²) < 4.78 is 0. The van der Waals surface area contributed by atoms with Crippen molar-refractivity contribution >= 4 is 17.7 Å². The van der Waals surface area contributed by atoms with E-state index in [0.29, 0.717) is 0 Å². The van der Waals surface area contributed by atoms with Crippen LogP contribution in [0.1, 0.15) is 25.7 Å². The molecule has 17 heavy (non-hydrogen) atoms. The molecule has 2 saturated heterocycles. The molecule has 0 aromatic heterocycles. The first-order chi connectivity index (χ1) is 8.29. The molecule has 0 saturated carbocycles. The topological polar surface area (TPSA) is 40.5 Å². The average Bonchev–Trinajstić information content (AvgIpc) is 2.40. The van der Waals surface area contributed by atoms with Crippen LogP contribution in [0, 0.1) is 5.92 Å². The Kier molecular flexibility index (Phi) is 4.92. The van der Waals surface area contributed by atoms with Crippen molar-refractivity contribution in [2.45, 2.75) is 25.7 Å². The van der Waals surface area contributed by atoms with Crippen LogP contribution in [0.4, 0.5) is 0 Å². The summed E-state index contributed by atoms with van der Waals surface area (Å²) in [5.41, 5.74) is 1.31. The number of piperidine rings is 1. The number of hydrogen-bond donors (Lipinski definition) is 1. The molecule has 1 N–H and O–H groups in total. The van der Waals surface area contributed by atoms with Gasteiger partial charge in [-0.15, -0.1) is 0 Å². The minimum absolute atomic E-state index is 0.157. The molecule has 2 heterocycles. The molecular weight excluding hydrogens is 234 g/mol. The Morgan fingerprint density at radius 2 is 2.24 bits per heavy atom. The fourth-order valence-electron chi connectivity index (χ4n) is 2.46. The molecule has 0 bridgehead atoms. The summed E-state index contributed by atoms with van der Waals surface area (Å²) in [7, 11) is 0. The number of aliphatic hydroxyl groups excluding tert-OH is 1. The summed E-state index contributed by atoms with van der Waals surface area (Å²) in [4.78, 5) is 14.0. The van der Waals surface area contributed by atoms with Gasteiger partial charge in [-0.1, -0.05) is 5.57 Å². The van der Waals surface area contributed by atoms with E-state index in [4.69, 9.17) is 5.11 Å². The lowest BCUT2D eigenvalue weighted by Gasteiger charge is -2.31. The van der Waals surface area contributed by atoms with E-state index in [9.17, 15) is 4.79 Å². The van der Waals surface area contributed by atoms with Gasteiger partial charge in [0.2, 0.25) is 5.91 Å². The van der Waals surface area contributed by atoms with Crippen LogP contribution in [0.5, 0.6) is 0 Å². The maximum absolute atomic E-state index is 12.1. The van der Waals surface area contributed by atoms with E-state index >= 15 is 0 Å². The lowest BCUT2D eigenvalue weighted by Crippen LogP contribution is -2.40. The van der Waals surface area contributed by atoms with Crippen LogP contribution in [-0.4, -0.2) is 47.1 Å². The largest absolute Gasteiger partial charge is 0.396 e. The van der Waals surface area contributed by atoms with E-state index < -0.39 is 0 Å². The number of likely N-dealkylation sites (tertiary alicyclic amines) is 1. The van der Waals surface area contributed by atoms with Crippen molar-refractivity contribution in [2.75, 3.05) is 31.2 Å². The summed E-state index contributed by atoms with van der Waals surface area (Å²) in [5.74, 6) is 2.74. The minimum atomic E-state index is 0.157. The number of nitrogens with zero attached hydrogens (tertiary/aromatic N) is 1. The monoisotopic (exact) mass is 255 g/mol. The van der Waals surface area contributed by atoms with Crippen LogP contribution >= 0.6 is 11.8 Å². The van der Waals surface area contributed by atoms with Crippen molar-refractivity contribution in [1.82, 2.24) is 4.90 Å². The Labute approximate surface area is 107 Å². The third kappa shape index (κ3) is 3.75. The van der Waals surface area contributed by atoms with Crippen LogP contribution in [0.15, 0.2) is 11.6 Å². The van der Waals surface area contributed by atoms with Gasteiger partial charge < -0.3 is 10.0 Å². The summed E-state index contributed by atoms with van der Waals surface area (Å²) >= 11 is 1.97. The van der Waals surface area contributed by atoms with Gasteiger partial charge in [-0.05, 0) is 43.1 Å². The standard InChI is InChI=1S/C13H21NO2S/c15-10-12-2-1-5-14(9-12)13(16)8-11-3-6-17-7-4-11/h8,12,15H,1-7,9-10H2. The normalized spacial score (nSPS) is 25.8. The first-order valence-corrected chi connectivity index (χ1v) is 7.62. The molecule has 2 fully saturated rings. The molecule has 0 aromatic rings. The summed E-state index contributed by atoms with van der Waals surface area (Å²) in [6.45, 7) is 1.79. The Morgan fingerprint density at radius 3 is 2.94 bits per heavy atom. The second-order valence-electron chi connectivity index (χ2n) is 4.89. The van der Waals surface area contributed by atoms with Gasteiger partial charge >= 0.3 is 0 Å². The quantitative estimate of drug-likeness (QED) is 0.763. The van der Waals surface area contributed by atoms with Crippen LogP contribution in [0.25, 0.3) is 0 Å². The SMILES string of the molecule is O=C(C=C1CCSCC1)N1CCCC(CO)C1. The third-order valence-corrected chi connectivity index (χ3v) is 4.54. The summed E-state index contributed by atoms with van der Waals surface area (Å²) in [6, 6.07) is 0. The number of hydrogen-bond acceptors (Lipinski definition) is 3. The molecule has 0 radical (unpaired) electrons. The molecule has 1 atom stereocenters. The zero-order valence-corrected chi connectivity index (χ0v) is 11.0. The molecule has 2 rings (SSSR count). The highest BCUT2D eigenvalue weighted by Crippen LogP contribution is 2.23. The highest BCUT2D eigenvalue weighted by Gasteiger charge is 2.22. The number of thioether (sulfide) groups is 1. The fourth-order valence-corrected chi connectivity index (χ4v) is 3.48. The molecular formula is C13H21NO2S. The van der Waals surface area contributed by atoms with Crippen molar-refractivity contribution < 1.29 is 9.90 Å². The molecule has 0 aromatic carbocycles. The molecule has 0 spiro atoms. The van der Waals surface area contributed by atoms with Crippen LogP contribution in [-0.2, 0) is 4.79 Å². The minimum Gasteiger partial charge on any atom is -0.396 e. The molecule has 1 amide bonds. The van der Waals surface area contributed by atoms with Crippen molar-refractivity contribution in [3.63, 3.8) is 0 Å². The predicted octanol–water partition coefficient (Wildman–Crippen LogP) is 1.67. The first kappa shape index (κ1) is 13.0. The zero-order valence-electron chi connectivity index (χ0n) is 10.2. The van der Waals surface area contributed by atoms with Crippen molar-refractivity contribution in [3.05, 3.63) is 11.6 Å². The van der Waals surface area contributed by atoms with E-state index in [-0.39, 0.29) is 18.4 Å². The second-order valence-corrected chi connectivity index (χ2v) is 6.11.